The van der Waals surface area contributed by atoms with Crippen LogP contribution < -0.4 is 21.9 Å². The van der Waals surface area contributed by atoms with E-state index >= 15 is 0 Å². The highest BCUT2D eigenvalue weighted by atomic mass is 16.4. The number of phenols is 1. The number of hydrogen-bond donors (Lipinski definition) is 6. The van der Waals surface area contributed by atoms with Crippen molar-refractivity contribution in [2.75, 3.05) is 5.01 Å². The Bertz CT molecular complexity index is 992. The van der Waals surface area contributed by atoms with E-state index < -0.39 is 13.1 Å². The zero-order valence-electron chi connectivity index (χ0n) is 17.8. The molecule has 0 unspecified atom stereocenters. The summed E-state index contributed by atoms with van der Waals surface area (Å²) < 4.78 is 0. The van der Waals surface area contributed by atoms with E-state index in [0.29, 0.717) is 17.8 Å². The van der Waals surface area contributed by atoms with E-state index in [-0.39, 0.29) is 24.5 Å². The Labute approximate surface area is 188 Å². The molecule has 1 aliphatic carbocycles. The monoisotopic (exact) mass is 436 g/mol. The lowest BCUT2D eigenvalue weighted by atomic mass is 9.75. The number of benzene rings is 2. The number of hydrazine groups is 1. The van der Waals surface area contributed by atoms with Crippen LogP contribution in [0.4, 0.5) is 5.69 Å². The largest absolute Gasteiger partial charge is 0.508 e. The number of fused-ring (bicyclic) bond motifs is 1. The maximum atomic E-state index is 12.4. The summed E-state index contributed by atoms with van der Waals surface area (Å²) in [5, 5.41) is 32.8. The van der Waals surface area contributed by atoms with Crippen molar-refractivity contribution in [3.63, 3.8) is 0 Å². The van der Waals surface area contributed by atoms with Crippen LogP contribution in [0, 0.1) is 0 Å². The summed E-state index contributed by atoms with van der Waals surface area (Å²) >= 11 is 0. The molecule has 32 heavy (non-hydrogen) atoms. The predicted molar refractivity (Wildman–Crippen MR) is 126 cm³/mol. The van der Waals surface area contributed by atoms with Gasteiger partial charge >= 0.3 is 7.12 Å². The van der Waals surface area contributed by atoms with Crippen LogP contribution in [0.5, 0.6) is 5.75 Å². The van der Waals surface area contributed by atoms with Gasteiger partial charge in [0, 0.05) is 18.3 Å². The number of phenolic OH excluding ortho intramolecular Hbond substituents is 1. The van der Waals surface area contributed by atoms with Gasteiger partial charge in [-0.3, -0.25) is 9.80 Å². The quantitative estimate of drug-likeness (QED) is 0.198. The average Bonchev–Trinajstić information content (AvgIpc) is 2.77. The molecule has 3 rings (SSSR count). The first-order valence-electron chi connectivity index (χ1n) is 10.5. The van der Waals surface area contributed by atoms with E-state index in [1.807, 2.05) is 12.1 Å². The van der Waals surface area contributed by atoms with Gasteiger partial charge in [0.15, 0.2) is 0 Å². The van der Waals surface area contributed by atoms with Crippen LogP contribution >= 0.6 is 0 Å². The van der Waals surface area contributed by atoms with E-state index in [4.69, 9.17) is 11.6 Å². The van der Waals surface area contributed by atoms with Crippen molar-refractivity contribution in [3.8, 4) is 5.75 Å². The fraction of sp³-hybridized carbons (Fsp3) is 0.261. The molecule has 0 aromatic heterocycles. The molecule has 0 fully saturated rings. The summed E-state index contributed by atoms with van der Waals surface area (Å²) in [5.41, 5.74) is 10.3. The number of nitrogens with one attached hydrogen (secondary N) is 1. The molecule has 2 aromatic rings. The van der Waals surface area contributed by atoms with Gasteiger partial charge in [-0.15, -0.1) is 0 Å². The smallest absolute Gasteiger partial charge is 0.475 e. The summed E-state index contributed by atoms with van der Waals surface area (Å²) in [7, 11) is -1.69. The average molecular weight is 436 g/mol. The maximum absolute atomic E-state index is 12.4. The molecule has 2 aromatic carbocycles. The molecule has 168 valence electrons. The van der Waals surface area contributed by atoms with Crippen molar-refractivity contribution in [3.05, 3.63) is 77.1 Å². The number of anilines is 1. The first kappa shape index (κ1) is 23.4. The highest BCUT2D eigenvalue weighted by Crippen LogP contribution is 2.21. The van der Waals surface area contributed by atoms with Gasteiger partial charge in [-0.1, -0.05) is 30.4 Å². The normalized spacial score (nSPS) is 13.9. The van der Waals surface area contributed by atoms with Crippen LogP contribution in [0.15, 0.2) is 60.4 Å². The van der Waals surface area contributed by atoms with E-state index in [2.05, 4.69) is 23.5 Å². The number of rotatable bonds is 9. The molecule has 0 aliphatic heterocycles. The molecule has 9 heteroatoms. The number of allylic oxidation sites excluding steroid dienone is 2. The summed E-state index contributed by atoms with van der Waals surface area (Å²) in [4.78, 5) is 12.4. The first-order valence-corrected chi connectivity index (χ1v) is 10.5. The topological polar surface area (TPSA) is 145 Å². The predicted octanol–water partition coefficient (Wildman–Crippen LogP) is 1.35. The third-order valence-corrected chi connectivity index (χ3v) is 5.34. The van der Waals surface area contributed by atoms with Crippen LogP contribution in [0.3, 0.4) is 0 Å². The molecule has 1 aliphatic rings. The Hall–Kier alpha value is -3.27. The Kier molecular flexibility index (Phi) is 7.94. The van der Waals surface area contributed by atoms with Crippen LogP contribution in [0.25, 0.3) is 6.08 Å². The van der Waals surface area contributed by atoms with Gasteiger partial charge in [-0.2, -0.15) is 0 Å². The zero-order chi connectivity index (χ0) is 23.1. The third kappa shape index (κ3) is 6.62. The minimum atomic E-state index is -1.69. The maximum Gasteiger partial charge on any atom is 0.475 e. The second-order valence-corrected chi connectivity index (χ2v) is 7.89. The summed E-state index contributed by atoms with van der Waals surface area (Å²) in [5.74, 6) is 4.88. The highest BCUT2D eigenvalue weighted by Gasteiger charge is 2.25. The molecule has 0 bridgehead atoms. The number of carbonyl (C=O) groups is 1. The van der Waals surface area contributed by atoms with E-state index in [1.54, 1.807) is 12.1 Å². The number of carbonyl (C=O) groups excluding carboxylic acids is 1. The zero-order valence-corrected chi connectivity index (χ0v) is 17.8. The van der Waals surface area contributed by atoms with Crippen LogP contribution in [-0.2, 0) is 17.6 Å². The number of nitrogens with two attached hydrogens (primary N) is 2. The molecule has 8 nitrogen and oxygen atoms in total. The van der Waals surface area contributed by atoms with Crippen LogP contribution in [-0.4, -0.2) is 34.1 Å². The number of nitrogens with zero attached hydrogens (tertiary/aromatic N) is 1. The third-order valence-electron chi connectivity index (χ3n) is 5.34. The number of hydrogen-bond acceptors (Lipinski definition) is 7. The Morgan fingerprint density at radius 2 is 1.94 bits per heavy atom. The van der Waals surface area contributed by atoms with E-state index in [9.17, 15) is 19.9 Å². The van der Waals surface area contributed by atoms with Gasteiger partial charge in [0.05, 0.1) is 11.6 Å². The molecular weight excluding hydrogens is 407 g/mol. The van der Waals surface area contributed by atoms with Gasteiger partial charge in [0.2, 0.25) is 5.91 Å². The lowest BCUT2D eigenvalue weighted by Gasteiger charge is -2.19. The summed E-state index contributed by atoms with van der Waals surface area (Å²) in [6, 6.07) is 12.3. The summed E-state index contributed by atoms with van der Waals surface area (Å²) in [6.07, 6.45) is 8.32. The van der Waals surface area contributed by atoms with Crippen molar-refractivity contribution in [1.82, 2.24) is 5.32 Å². The molecule has 0 spiro atoms. The lowest BCUT2D eigenvalue weighted by Crippen LogP contribution is -2.47. The second kappa shape index (κ2) is 10.9. The molecule has 0 radical (unpaired) electrons. The molecule has 8 N–H and O–H groups in total. The number of aromatic hydroxyl groups is 1. The molecule has 1 amide bonds. The fourth-order valence-electron chi connectivity index (χ4n) is 3.57. The van der Waals surface area contributed by atoms with Crippen LogP contribution in [0.2, 0.25) is 0 Å². The van der Waals surface area contributed by atoms with Gasteiger partial charge in [-0.05, 0) is 66.6 Å². The second-order valence-electron chi connectivity index (χ2n) is 7.89. The number of aryl methyl sites for hydroxylation is 1. The molecule has 0 saturated heterocycles. The van der Waals surface area contributed by atoms with Gasteiger partial charge in [0.1, 0.15) is 5.75 Å². The molecule has 0 heterocycles. The van der Waals surface area contributed by atoms with Gasteiger partial charge < -0.3 is 26.2 Å². The Balaban J connectivity index is 1.53. The van der Waals surface area contributed by atoms with Crippen molar-refractivity contribution < 1.29 is 19.9 Å². The van der Waals surface area contributed by atoms with Crippen molar-refractivity contribution in [1.29, 1.82) is 0 Å². The van der Waals surface area contributed by atoms with E-state index in [1.165, 1.54) is 28.9 Å². The van der Waals surface area contributed by atoms with Crippen molar-refractivity contribution in [2.24, 2.45) is 11.6 Å². The van der Waals surface area contributed by atoms with Gasteiger partial charge in [0.25, 0.3) is 0 Å². The fourth-order valence-corrected chi connectivity index (χ4v) is 3.57. The lowest BCUT2D eigenvalue weighted by molar-refractivity contribution is -0.121. The Morgan fingerprint density at radius 1 is 1.19 bits per heavy atom. The van der Waals surface area contributed by atoms with Crippen molar-refractivity contribution >= 4 is 24.8 Å². The molecule has 1 atom stereocenters. The first-order chi connectivity index (χ1) is 15.3. The minimum Gasteiger partial charge on any atom is -0.508 e. The summed E-state index contributed by atoms with van der Waals surface area (Å²) in [6.45, 7) is 0. The van der Waals surface area contributed by atoms with Crippen LogP contribution in [0.1, 0.15) is 36.0 Å². The standard InChI is InChI=1S/C23H29BN4O4/c25-19(15-28(26)20-8-10-21(29)11-9-20)7-12-23(30)27-22(24(31)32)14-16-5-6-17-3-1-2-4-18(17)13-16/h2,4-6,8-11,13,15,22,29,31-32H,1,3,7,12,14,25-26H2,(H,27,30)/b19-15-/t22-/m0/s1. The Morgan fingerprint density at radius 3 is 2.66 bits per heavy atom. The minimum absolute atomic E-state index is 0.0713. The van der Waals surface area contributed by atoms with Crippen molar-refractivity contribution in [2.45, 2.75) is 38.0 Å². The van der Waals surface area contributed by atoms with E-state index in [0.717, 1.165) is 24.0 Å². The van der Waals surface area contributed by atoms with Gasteiger partial charge in [-0.25, -0.2) is 5.84 Å². The molecular formula is C23H29BN4O4. The number of amides is 1. The SMILES string of the molecule is N/C(=C\N(N)c1ccc(O)cc1)CCC(=O)N[C@@H](Cc1ccc2c(c1)C=CCC2)B(O)O. The highest BCUT2D eigenvalue weighted by molar-refractivity contribution is 6.43. The molecule has 0 saturated carbocycles.